The summed E-state index contributed by atoms with van der Waals surface area (Å²) < 4.78 is 0. The third-order valence-corrected chi connectivity index (χ3v) is 2.78. The van der Waals surface area contributed by atoms with E-state index in [0.717, 1.165) is 11.3 Å². The topological polar surface area (TPSA) is 106 Å². The second-order valence-corrected chi connectivity index (χ2v) is 4.05. The van der Waals surface area contributed by atoms with Gasteiger partial charge in [0.25, 0.3) is 0 Å². The molecule has 0 atom stereocenters. The van der Waals surface area contributed by atoms with E-state index in [2.05, 4.69) is 25.6 Å². The third-order valence-electron chi connectivity index (χ3n) is 2.78. The lowest BCUT2D eigenvalue weighted by Crippen LogP contribution is -2.09. The van der Waals surface area contributed by atoms with Crippen LogP contribution in [0.25, 0.3) is 0 Å². The number of nitro groups is 1. The van der Waals surface area contributed by atoms with Crippen LogP contribution in [0.15, 0.2) is 24.7 Å². The standard InChI is InChI=1S/C12H14N6O2/c1-8-4-3-5-14-9(8)6-15-12-10(18(19)20)11(13-2)16-7-17-12/h3-5,7H,6H2,1-2H3,(H2,13,15,16,17). The van der Waals surface area contributed by atoms with Crippen LogP contribution in [0.3, 0.4) is 0 Å². The second-order valence-electron chi connectivity index (χ2n) is 4.05. The summed E-state index contributed by atoms with van der Waals surface area (Å²) in [5, 5.41) is 16.7. The van der Waals surface area contributed by atoms with E-state index in [4.69, 9.17) is 0 Å². The molecule has 0 bridgehead atoms. The Morgan fingerprint density at radius 3 is 2.70 bits per heavy atom. The Morgan fingerprint density at radius 1 is 1.30 bits per heavy atom. The zero-order valence-electron chi connectivity index (χ0n) is 11.1. The maximum absolute atomic E-state index is 11.1. The molecular weight excluding hydrogens is 260 g/mol. The van der Waals surface area contributed by atoms with E-state index in [1.54, 1.807) is 13.2 Å². The zero-order chi connectivity index (χ0) is 14.5. The predicted molar refractivity (Wildman–Crippen MR) is 74.5 cm³/mol. The molecule has 8 heteroatoms. The fourth-order valence-corrected chi connectivity index (χ4v) is 1.73. The van der Waals surface area contributed by atoms with Gasteiger partial charge in [-0.25, -0.2) is 9.97 Å². The Hall–Kier alpha value is -2.77. The molecular formula is C12H14N6O2. The number of hydrogen-bond donors (Lipinski definition) is 2. The number of aryl methyl sites for hydroxylation is 1. The molecule has 0 amide bonds. The van der Waals surface area contributed by atoms with Crippen LogP contribution >= 0.6 is 0 Å². The molecule has 20 heavy (non-hydrogen) atoms. The first-order valence-electron chi connectivity index (χ1n) is 5.95. The lowest BCUT2D eigenvalue weighted by atomic mass is 10.2. The molecule has 0 aliphatic rings. The van der Waals surface area contributed by atoms with Gasteiger partial charge in [-0.05, 0) is 18.6 Å². The van der Waals surface area contributed by atoms with Crippen LogP contribution in [-0.2, 0) is 6.54 Å². The van der Waals surface area contributed by atoms with Crippen LogP contribution in [0.1, 0.15) is 11.3 Å². The molecule has 0 saturated carbocycles. The van der Waals surface area contributed by atoms with Gasteiger partial charge in [-0.1, -0.05) is 6.07 Å². The van der Waals surface area contributed by atoms with Crippen molar-refractivity contribution < 1.29 is 4.92 Å². The van der Waals surface area contributed by atoms with Crippen molar-refractivity contribution in [1.82, 2.24) is 15.0 Å². The molecule has 2 N–H and O–H groups in total. The summed E-state index contributed by atoms with van der Waals surface area (Å²) in [7, 11) is 1.57. The van der Waals surface area contributed by atoms with Crippen molar-refractivity contribution in [2.75, 3.05) is 17.7 Å². The Bertz CT molecular complexity index is 631. The van der Waals surface area contributed by atoms with Gasteiger partial charge in [-0.2, -0.15) is 0 Å². The van der Waals surface area contributed by atoms with Crippen LogP contribution in [-0.4, -0.2) is 26.9 Å². The molecule has 0 aromatic carbocycles. The van der Waals surface area contributed by atoms with E-state index >= 15 is 0 Å². The minimum absolute atomic E-state index is 0.166. The maximum Gasteiger partial charge on any atom is 0.353 e. The largest absolute Gasteiger partial charge is 0.367 e. The smallest absolute Gasteiger partial charge is 0.353 e. The first-order chi connectivity index (χ1) is 9.63. The van der Waals surface area contributed by atoms with Crippen molar-refractivity contribution >= 4 is 17.3 Å². The van der Waals surface area contributed by atoms with Crippen molar-refractivity contribution in [3.8, 4) is 0 Å². The highest BCUT2D eigenvalue weighted by atomic mass is 16.6. The average molecular weight is 274 g/mol. The summed E-state index contributed by atoms with van der Waals surface area (Å²) >= 11 is 0. The monoisotopic (exact) mass is 274 g/mol. The van der Waals surface area contributed by atoms with Gasteiger partial charge >= 0.3 is 5.69 Å². The SMILES string of the molecule is CNc1ncnc(NCc2ncccc2C)c1[N+](=O)[O-]. The lowest BCUT2D eigenvalue weighted by Gasteiger charge is -2.09. The molecule has 2 heterocycles. The Balaban J connectivity index is 2.26. The fraction of sp³-hybridized carbons (Fsp3) is 0.250. The van der Waals surface area contributed by atoms with Gasteiger partial charge in [0.2, 0.25) is 11.6 Å². The van der Waals surface area contributed by atoms with Crippen LogP contribution in [0.2, 0.25) is 0 Å². The van der Waals surface area contributed by atoms with E-state index in [-0.39, 0.29) is 17.3 Å². The van der Waals surface area contributed by atoms with Crippen LogP contribution in [0, 0.1) is 17.0 Å². The van der Waals surface area contributed by atoms with Crippen LogP contribution < -0.4 is 10.6 Å². The van der Waals surface area contributed by atoms with Crippen molar-refractivity contribution in [1.29, 1.82) is 0 Å². The zero-order valence-corrected chi connectivity index (χ0v) is 11.1. The Labute approximate surface area is 115 Å². The number of nitrogens with one attached hydrogen (secondary N) is 2. The Kier molecular flexibility index (Phi) is 4.04. The van der Waals surface area contributed by atoms with Gasteiger partial charge in [-0.15, -0.1) is 0 Å². The minimum atomic E-state index is -0.514. The minimum Gasteiger partial charge on any atom is -0.367 e. The molecule has 2 aromatic heterocycles. The number of anilines is 2. The van der Waals surface area contributed by atoms with Gasteiger partial charge in [0.05, 0.1) is 17.2 Å². The lowest BCUT2D eigenvalue weighted by molar-refractivity contribution is -0.383. The van der Waals surface area contributed by atoms with E-state index in [1.807, 2.05) is 19.1 Å². The van der Waals surface area contributed by atoms with Crippen molar-refractivity contribution in [3.63, 3.8) is 0 Å². The quantitative estimate of drug-likeness (QED) is 0.631. The first-order valence-corrected chi connectivity index (χ1v) is 5.95. The molecule has 2 rings (SSSR count). The fourth-order valence-electron chi connectivity index (χ4n) is 1.73. The molecule has 8 nitrogen and oxygen atoms in total. The molecule has 0 fully saturated rings. The summed E-state index contributed by atoms with van der Waals surface area (Å²) in [6, 6.07) is 3.77. The van der Waals surface area contributed by atoms with E-state index in [0.29, 0.717) is 6.54 Å². The normalized spacial score (nSPS) is 10.1. The molecule has 104 valence electrons. The number of aromatic nitrogens is 3. The highest BCUT2D eigenvalue weighted by Crippen LogP contribution is 2.28. The molecule has 0 spiro atoms. The molecule has 0 saturated heterocycles. The highest BCUT2D eigenvalue weighted by Gasteiger charge is 2.21. The van der Waals surface area contributed by atoms with Gasteiger partial charge in [0.1, 0.15) is 6.33 Å². The number of rotatable bonds is 5. The van der Waals surface area contributed by atoms with Crippen LogP contribution in [0.5, 0.6) is 0 Å². The number of pyridine rings is 1. The summed E-state index contributed by atoms with van der Waals surface area (Å²) in [5.41, 5.74) is 1.64. The van der Waals surface area contributed by atoms with E-state index < -0.39 is 4.92 Å². The molecule has 0 aliphatic heterocycles. The van der Waals surface area contributed by atoms with E-state index in [1.165, 1.54) is 6.33 Å². The molecule has 0 unspecified atom stereocenters. The van der Waals surface area contributed by atoms with Crippen LogP contribution in [0.4, 0.5) is 17.3 Å². The van der Waals surface area contributed by atoms with Crippen molar-refractivity contribution in [3.05, 3.63) is 46.0 Å². The molecule has 0 aliphatic carbocycles. The third kappa shape index (κ3) is 2.79. The average Bonchev–Trinajstić information content (AvgIpc) is 2.45. The Morgan fingerprint density at radius 2 is 2.05 bits per heavy atom. The maximum atomic E-state index is 11.1. The number of nitrogens with zero attached hydrogens (tertiary/aromatic N) is 4. The van der Waals surface area contributed by atoms with Gasteiger partial charge in [-0.3, -0.25) is 15.1 Å². The summed E-state index contributed by atoms with van der Waals surface area (Å²) in [4.78, 5) is 22.6. The number of hydrogen-bond acceptors (Lipinski definition) is 7. The highest BCUT2D eigenvalue weighted by molar-refractivity contribution is 5.68. The van der Waals surface area contributed by atoms with E-state index in [9.17, 15) is 10.1 Å². The first kappa shape index (κ1) is 13.7. The molecule has 2 aromatic rings. The summed E-state index contributed by atoms with van der Waals surface area (Å²) in [5.74, 6) is 0.338. The van der Waals surface area contributed by atoms with Crippen molar-refractivity contribution in [2.45, 2.75) is 13.5 Å². The van der Waals surface area contributed by atoms with Crippen molar-refractivity contribution in [2.24, 2.45) is 0 Å². The second kappa shape index (κ2) is 5.91. The van der Waals surface area contributed by atoms with Gasteiger partial charge in [0, 0.05) is 13.2 Å². The summed E-state index contributed by atoms with van der Waals surface area (Å²) in [6.07, 6.45) is 2.95. The van der Waals surface area contributed by atoms with Gasteiger partial charge < -0.3 is 10.6 Å². The predicted octanol–water partition coefficient (Wildman–Crippen LogP) is 1.74. The van der Waals surface area contributed by atoms with Gasteiger partial charge in [0.15, 0.2) is 0 Å². The summed E-state index contributed by atoms with van der Waals surface area (Å²) in [6.45, 7) is 2.28. The molecule has 0 radical (unpaired) electrons.